The van der Waals surface area contributed by atoms with E-state index in [1.165, 1.54) is 13.0 Å². The molecule has 5 nitrogen and oxygen atoms in total. The maximum Gasteiger partial charge on any atom is 0.416 e. The number of aryl methyl sites for hydroxylation is 1. The normalized spacial score (nSPS) is 11.3. The molecule has 2 aromatic carbocycles. The first-order chi connectivity index (χ1) is 13.4. The summed E-state index contributed by atoms with van der Waals surface area (Å²) in [5.74, 6) is 0.604. The molecule has 0 fully saturated rings. The van der Waals surface area contributed by atoms with Gasteiger partial charge in [0.2, 0.25) is 5.95 Å². The first kappa shape index (κ1) is 19.6. The van der Waals surface area contributed by atoms with Crippen LogP contribution < -0.4 is 10.6 Å². The number of halogens is 3. The minimum Gasteiger partial charge on any atom is -0.395 e. The molecule has 0 saturated carbocycles. The van der Waals surface area contributed by atoms with E-state index in [2.05, 4.69) is 20.6 Å². The number of hydrogen-bond acceptors (Lipinski definition) is 5. The number of nitrogens with zero attached hydrogens (tertiary/aromatic N) is 2. The molecule has 0 unspecified atom stereocenters. The first-order valence-corrected chi connectivity index (χ1v) is 8.61. The molecule has 0 aliphatic heterocycles. The Morgan fingerprint density at radius 1 is 1.00 bits per heavy atom. The van der Waals surface area contributed by atoms with Crippen molar-refractivity contribution < 1.29 is 18.3 Å². The van der Waals surface area contributed by atoms with Crippen LogP contribution in [0.25, 0.3) is 11.3 Å². The van der Waals surface area contributed by atoms with Crippen LogP contribution in [0.4, 0.5) is 30.6 Å². The summed E-state index contributed by atoms with van der Waals surface area (Å²) < 4.78 is 39.5. The molecule has 0 radical (unpaired) electrons. The summed E-state index contributed by atoms with van der Waals surface area (Å²) in [5, 5.41) is 14.8. The van der Waals surface area contributed by atoms with Gasteiger partial charge in [0, 0.05) is 23.9 Å². The van der Waals surface area contributed by atoms with Crippen molar-refractivity contribution in [2.24, 2.45) is 0 Å². The second-order valence-electron chi connectivity index (χ2n) is 6.13. The Bertz CT molecular complexity index is 946. The molecule has 28 heavy (non-hydrogen) atoms. The van der Waals surface area contributed by atoms with E-state index in [1.807, 2.05) is 30.3 Å². The third kappa shape index (κ3) is 4.77. The van der Waals surface area contributed by atoms with Crippen molar-refractivity contribution in [2.45, 2.75) is 13.1 Å². The zero-order chi connectivity index (χ0) is 20.1. The van der Waals surface area contributed by atoms with Crippen LogP contribution in [0.15, 0.2) is 54.6 Å². The van der Waals surface area contributed by atoms with Gasteiger partial charge in [0.1, 0.15) is 5.82 Å². The standard InChI is InChI=1S/C20H19F3N4O/c1-13-7-8-15(11-16(13)20(21,22)23)25-18-12-17(14-5-3-2-4-6-14)26-19(27-18)24-9-10-28/h2-8,11-12,28H,9-10H2,1H3,(H2,24,25,26,27). The molecule has 0 aliphatic rings. The minimum absolute atomic E-state index is 0.103. The van der Waals surface area contributed by atoms with Gasteiger partial charge in [-0.3, -0.25) is 0 Å². The SMILES string of the molecule is Cc1ccc(Nc2cc(-c3ccccc3)nc(NCCO)n2)cc1C(F)(F)F. The topological polar surface area (TPSA) is 70.1 Å². The van der Waals surface area contributed by atoms with Crippen LogP contribution in [0, 0.1) is 6.92 Å². The van der Waals surface area contributed by atoms with Gasteiger partial charge in [0.15, 0.2) is 0 Å². The largest absolute Gasteiger partial charge is 0.416 e. The van der Waals surface area contributed by atoms with Crippen molar-refractivity contribution in [1.29, 1.82) is 0 Å². The van der Waals surface area contributed by atoms with Crippen molar-refractivity contribution in [1.82, 2.24) is 9.97 Å². The monoisotopic (exact) mass is 388 g/mol. The molecule has 0 atom stereocenters. The lowest BCUT2D eigenvalue weighted by Crippen LogP contribution is -2.11. The summed E-state index contributed by atoms with van der Waals surface area (Å²) in [6, 6.07) is 15.0. The second-order valence-corrected chi connectivity index (χ2v) is 6.13. The Kier molecular flexibility index (Phi) is 5.79. The Morgan fingerprint density at radius 2 is 1.75 bits per heavy atom. The first-order valence-electron chi connectivity index (χ1n) is 8.61. The van der Waals surface area contributed by atoms with E-state index < -0.39 is 11.7 Å². The molecule has 1 aromatic heterocycles. The molecule has 0 amide bonds. The van der Waals surface area contributed by atoms with Gasteiger partial charge in [-0.05, 0) is 24.6 Å². The van der Waals surface area contributed by atoms with Crippen LogP contribution in [-0.2, 0) is 6.18 Å². The highest BCUT2D eigenvalue weighted by molar-refractivity contribution is 5.67. The molecular formula is C20H19F3N4O. The molecule has 8 heteroatoms. The van der Waals surface area contributed by atoms with Gasteiger partial charge < -0.3 is 15.7 Å². The van der Waals surface area contributed by atoms with E-state index in [0.29, 0.717) is 11.5 Å². The molecular weight excluding hydrogens is 369 g/mol. The summed E-state index contributed by atoms with van der Waals surface area (Å²) in [7, 11) is 0. The Hall–Kier alpha value is -3.13. The number of aromatic nitrogens is 2. The van der Waals surface area contributed by atoms with Crippen molar-refractivity contribution in [3.8, 4) is 11.3 Å². The smallest absolute Gasteiger partial charge is 0.395 e. The molecule has 0 aliphatic carbocycles. The number of aliphatic hydroxyl groups is 1. The predicted octanol–water partition coefficient (Wildman–Crippen LogP) is 4.62. The fourth-order valence-corrected chi connectivity index (χ4v) is 2.67. The van der Waals surface area contributed by atoms with E-state index in [-0.39, 0.29) is 30.4 Å². The van der Waals surface area contributed by atoms with Crippen LogP contribution in [0.5, 0.6) is 0 Å². The van der Waals surface area contributed by atoms with Crippen molar-refractivity contribution in [2.75, 3.05) is 23.8 Å². The molecule has 3 N–H and O–H groups in total. The molecule has 3 aromatic rings. The number of benzene rings is 2. The molecule has 3 rings (SSSR count). The number of alkyl halides is 3. The van der Waals surface area contributed by atoms with E-state index in [4.69, 9.17) is 5.11 Å². The van der Waals surface area contributed by atoms with Crippen LogP contribution in [0.2, 0.25) is 0 Å². The lowest BCUT2D eigenvalue weighted by atomic mass is 10.1. The van der Waals surface area contributed by atoms with E-state index in [0.717, 1.165) is 11.6 Å². The Balaban J connectivity index is 1.97. The summed E-state index contributed by atoms with van der Waals surface area (Å²) in [5.41, 5.74) is 1.15. The number of nitrogens with one attached hydrogen (secondary N) is 2. The quantitative estimate of drug-likeness (QED) is 0.575. The van der Waals surface area contributed by atoms with E-state index in [1.54, 1.807) is 12.1 Å². The average molecular weight is 388 g/mol. The number of aliphatic hydroxyl groups excluding tert-OH is 1. The van der Waals surface area contributed by atoms with Gasteiger partial charge in [-0.15, -0.1) is 0 Å². The third-order valence-electron chi connectivity index (χ3n) is 4.01. The maximum absolute atomic E-state index is 13.2. The number of hydrogen-bond donors (Lipinski definition) is 3. The Labute approximate surface area is 160 Å². The van der Waals surface area contributed by atoms with Gasteiger partial charge in [-0.1, -0.05) is 36.4 Å². The van der Waals surface area contributed by atoms with Crippen LogP contribution in [0.1, 0.15) is 11.1 Å². The highest BCUT2D eigenvalue weighted by Gasteiger charge is 2.32. The van der Waals surface area contributed by atoms with Crippen LogP contribution in [-0.4, -0.2) is 28.2 Å². The summed E-state index contributed by atoms with van der Waals surface area (Å²) in [6.45, 7) is 1.57. The van der Waals surface area contributed by atoms with Crippen molar-refractivity contribution >= 4 is 17.5 Å². The summed E-state index contributed by atoms with van der Waals surface area (Å²) in [4.78, 5) is 8.68. The number of rotatable bonds is 6. The number of anilines is 3. The minimum atomic E-state index is -4.43. The fraction of sp³-hybridized carbons (Fsp3) is 0.200. The molecule has 146 valence electrons. The highest BCUT2D eigenvalue weighted by Crippen LogP contribution is 2.34. The molecule has 1 heterocycles. The van der Waals surface area contributed by atoms with Crippen molar-refractivity contribution in [3.63, 3.8) is 0 Å². The predicted molar refractivity (Wildman–Crippen MR) is 103 cm³/mol. The highest BCUT2D eigenvalue weighted by atomic mass is 19.4. The second kappa shape index (κ2) is 8.26. The molecule has 0 saturated heterocycles. The Morgan fingerprint density at radius 3 is 2.43 bits per heavy atom. The fourth-order valence-electron chi connectivity index (χ4n) is 2.67. The average Bonchev–Trinajstić information content (AvgIpc) is 2.67. The molecule has 0 bridgehead atoms. The van der Waals surface area contributed by atoms with Gasteiger partial charge in [0.25, 0.3) is 0 Å². The molecule has 0 spiro atoms. The van der Waals surface area contributed by atoms with Crippen molar-refractivity contribution in [3.05, 3.63) is 65.7 Å². The lowest BCUT2D eigenvalue weighted by Gasteiger charge is -2.14. The zero-order valence-corrected chi connectivity index (χ0v) is 15.1. The third-order valence-corrected chi connectivity index (χ3v) is 4.01. The van der Waals surface area contributed by atoms with E-state index >= 15 is 0 Å². The van der Waals surface area contributed by atoms with Gasteiger partial charge >= 0.3 is 6.18 Å². The summed E-state index contributed by atoms with van der Waals surface area (Å²) >= 11 is 0. The van der Waals surface area contributed by atoms with Crippen LogP contribution >= 0.6 is 0 Å². The van der Waals surface area contributed by atoms with Gasteiger partial charge in [-0.25, -0.2) is 4.98 Å². The lowest BCUT2D eigenvalue weighted by molar-refractivity contribution is -0.138. The summed E-state index contributed by atoms with van der Waals surface area (Å²) in [6.07, 6.45) is -4.43. The van der Waals surface area contributed by atoms with Crippen LogP contribution in [0.3, 0.4) is 0 Å². The van der Waals surface area contributed by atoms with Gasteiger partial charge in [-0.2, -0.15) is 18.2 Å². The van der Waals surface area contributed by atoms with Gasteiger partial charge in [0.05, 0.1) is 17.9 Å². The zero-order valence-electron chi connectivity index (χ0n) is 15.1. The van der Waals surface area contributed by atoms with E-state index in [9.17, 15) is 13.2 Å². The maximum atomic E-state index is 13.2.